The molecule has 0 radical (unpaired) electrons. The van der Waals surface area contributed by atoms with Crippen molar-refractivity contribution in [1.29, 1.82) is 0 Å². The summed E-state index contributed by atoms with van der Waals surface area (Å²) < 4.78 is 27.3. The van der Waals surface area contributed by atoms with Crippen LogP contribution < -0.4 is 10.1 Å². The largest absolute Gasteiger partial charge is 0.497 e. The number of ether oxygens (including phenoxy) is 1. The topological polar surface area (TPSA) is 65.1 Å². The van der Waals surface area contributed by atoms with Gasteiger partial charge in [-0.3, -0.25) is 0 Å². The van der Waals surface area contributed by atoms with E-state index in [2.05, 4.69) is 10.3 Å². The number of halogens is 1. The van der Waals surface area contributed by atoms with E-state index in [-0.39, 0.29) is 5.82 Å². The average molecular weight is 428 g/mol. The van der Waals surface area contributed by atoms with Crippen LogP contribution in [0.2, 0.25) is 0 Å². The minimum atomic E-state index is -0.339. The highest BCUT2D eigenvalue weighted by Crippen LogP contribution is 2.33. The fourth-order valence-electron chi connectivity index (χ4n) is 3.74. The predicted molar refractivity (Wildman–Crippen MR) is 123 cm³/mol. The van der Waals surface area contributed by atoms with Crippen LogP contribution in [0.5, 0.6) is 5.75 Å². The summed E-state index contributed by atoms with van der Waals surface area (Å²) >= 11 is 0. The molecule has 6 nitrogen and oxygen atoms in total. The SMILES string of the molecule is COc1cccc(-c2nc3c(Nc4ccc(-c5cnc(C)o5)cc4)cc(F)cc3n2C)c1. The fourth-order valence-corrected chi connectivity index (χ4v) is 3.74. The molecular formula is C25H21FN4O2. The van der Waals surface area contributed by atoms with Gasteiger partial charge in [0.25, 0.3) is 0 Å². The molecule has 0 unspecified atom stereocenters. The number of oxazole rings is 1. The smallest absolute Gasteiger partial charge is 0.191 e. The number of aryl methyl sites for hydroxylation is 2. The maximum Gasteiger partial charge on any atom is 0.191 e. The summed E-state index contributed by atoms with van der Waals surface area (Å²) in [4.78, 5) is 8.95. The number of hydrogen-bond acceptors (Lipinski definition) is 5. The van der Waals surface area contributed by atoms with Crippen LogP contribution in [0.25, 0.3) is 33.7 Å². The molecule has 0 aliphatic heterocycles. The van der Waals surface area contributed by atoms with E-state index in [0.717, 1.165) is 28.4 Å². The van der Waals surface area contributed by atoms with E-state index < -0.39 is 0 Å². The zero-order valence-corrected chi connectivity index (χ0v) is 17.9. The van der Waals surface area contributed by atoms with Crippen molar-refractivity contribution in [3.05, 3.63) is 78.6 Å². The van der Waals surface area contributed by atoms with Gasteiger partial charge in [0.2, 0.25) is 0 Å². The minimum Gasteiger partial charge on any atom is -0.497 e. The molecule has 0 aliphatic rings. The van der Waals surface area contributed by atoms with Crippen LogP contribution in [0.3, 0.4) is 0 Å². The Morgan fingerprint density at radius 1 is 1.03 bits per heavy atom. The molecule has 0 saturated heterocycles. The predicted octanol–water partition coefficient (Wildman–Crippen LogP) is 6.10. The van der Waals surface area contributed by atoms with Crippen LogP contribution in [0.15, 0.2) is 71.3 Å². The van der Waals surface area contributed by atoms with Crippen molar-refractivity contribution in [3.63, 3.8) is 0 Å². The maximum absolute atomic E-state index is 14.5. The Labute approximate surface area is 184 Å². The molecule has 0 atom stereocenters. The number of benzene rings is 3. The van der Waals surface area contributed by atoms with Gasteiger partial charge in [-0.15, -0.1) is 0 Å². The Balaban J connectivity index is 1.52. The van der Waals surface area contributed by atoms with Gasteiger partial charge in [-0.25, -0.2) is 14.4 Å². The van der Waals surface area contributed by atoms with Crippen LogP contribution in [0.4, 0.5) is 15.8 Å². The second kappa shape index (κ2) is 7.85. The molecule has 7 heteroatoms. The third-order valence-corrected chi connectivity index (χ3v) is 5.35. The van der Waals surface area contributed by atoms with Crippen LogP contribution >= 0.6 is 0 Å². The summed E-state index contributed by atoms with van der Waals surface area (Å²) in [6.07, 6.45) is 1.70. The van der Waals surface area contributed by atoms with Gasteiger partial charge in [0.1, 0.15) is 22.9 Å². The van der Waals surface area contributed by atoms with Crippen molar-refractivity contribution in [3.8, 4) is 28.5 Å². The summed E-state index contributed by atoms with van der Waals surface area (Å²) in [7, 11) is 3.50. The molecule has 0 fully saturated rings. The van der Waals surface area contributed by atoms with E-state index in [1.54, 1.807) is 20.2 Å². The summed E-state index contributed by atoms with van der Waals surface area (Å²) in [5.74, 6) is 2.44. The Hall–Kier alpha value is -4.13. The van der Waals surface area contributed by atoms with Crippen LogP contribution in [0, 0.1) is 12.7 Å². The lowest BCUT2D eigenvalue weighted by atomic mass is 10.1. The summed E-state index contributed by atoms with van der Waals surface area (Å²) in [5, 5.41) is 3.30. The number of aromatic nitrogens is 3. The van der Waals surface area contributed by atoms with Gasteiger partial charge in [0.15, 0.2) is 11.7 Å². The van der Waals surface area contributed by atoms with Crippen molar-refractivity contribution in [2.75, 3.05) is 12.4 Å². The minimum absolute atomic E-state index is 0.339. The first-order chi connectivity index (χ1) is 15.5. The molecule has 2 heterocycles. The number of anilines is 2. The standard InChI is InChI=1S/C25H21FN4O2/c1-15-27-14-23(32-15)16-7-9-19(10-8-16)28-21-12-18(26)13-22-24(21)29-25(30(22)2)17-5-4-6-20(11-17)31-3/h4-14,28H,1-3H3. The lowest BCUT2D eigenvalue weighted by Gasteiger charge is -2.08. The highest BCUT2D eigenvalue weighted by Gasteiger charge is 2.16. The quantitative estimate of drug-likeness (QED) is 0.367. The normalized spacial score (nSPS) is 11.1. The zero-order valence-electron chi connectivity index (χ0n) is 17.9. The molecule has 5 aromatic rings. The van der Waals surface area contributed by atoms with Crippen LogP contribution in [0.1, 0.15) is 5.89 Å². The lowest BCUT2D eigenvalue weighted by molar-refractivity contribution is 0.415. The van der Waals surface area contributed by atoms with E-state index in [1.807, 2.05) is 60.1 Å². The molecule has 0 spiro atoms. The molecule has 2 aromatic heterocycles. The van der Waals surface area contributed by atoms with Crippen molar-refractivity contribution in [1.82, 2.24) is 14.5 Å². The van der Waals surface area contributed by atoms with E-state index in [9.17, 15) is 4.39 Å². The molecule has 3 aromatic carbocycles. The van der Waals surface area contributed by atoms with Crippen molar-refractivity contribution in [2.24, 2.45) is 7.05 Å². The van der Waals surface area contributed by atoms with E-state index in [0.29, 0.717) is 28.4 Å². The summed E-state index contributed by atoms with van der Waals surface area (Å²) in [6, 6.07) is 18.3. The van der Waals surface area contributed by atoms with Crippen molar-refractivity contribution >= 4 is 22.4 Å². The lowest BCUT2D eigenvalue weighted by Crippen LogP contribution is -1.94. The van der Waals surface area contributed by atoms with Gasteiger partial charge in [0, 0.05) is 30.8 Å². The third kappa shape index (κ3) is 3.58. The van der Waals surface area contributed by atoms with E-state index >= 15 is 0 Å². The molecule has 0 bridgehead atoms. The Bertz CT molecular complexity index is 1420. The van der Waals surface area contributed by atoms with Gasteiger partial charge in [-0.05, 0) is 48.5 Å². The highest BCUT2D eigenvalue weighted by atomic mass is 19.1. The van der Waals surface area contributed by atoms with Gasteiger partial charge in [-0.1, -0.05) is 12.1 Å². The number of nitrogens with one attached hydrogen (secondary N) is 1. The number of imidazole rings is 1. The van der Waals surface area contributed by atoms with Gasteiger partial charge in [0.05, 0.1) is 24.5 Å². The molecule has 0 saturated carbocycles. The Morgan fingerprint density at radius 2 is 1.84 bits per heavy atom. The van der Waals surface area contributed by atoms with E-state index in [4.69, 9.17) is 14.1 Å². The second-order valence-electron chi connectivity index (χ2n) is 7.49. The molecular weight excluding hydrogens is 407 g/mol. The number of nitrogens with zero attached hydrogens (tertiary/aromatic N) is 3. The van der Waals surface area contributed by atoms with Gasteiger partial charge < -0.3 is 19.0 Å². The first kappa shape index (κ1) is 19.8. The van der Waals surface area contributed by atoms with Gasteiger partial charge >= 0.3 is 0 Å². The molecule has 32 heavy (non-hydrogen) atoms. The van der Waals surface area contributed by atoms with Gasteiger partial charge in [-0.2, -0.15) is 0 Å². The number of rotatable bonds is 5. The van der Waals surface area contributed by atoms with E-state index in [1.165, 1.54) is 12.1 Å². The van der Waals surface area contributed by atoms with Crippen LogP contribution in [-0.2, 0) is 7.05 Å². The highest BCUT2D eigenvalue weighted by molar-refractivity contribution is 5.93. The number of methoxy groups -OCH3 is 1. The van der Waals surface area contributed by atoms with Crippen molar-refractivity contribution in [2.45, 2.75) is 6.92 Å². The summed E-state index contributed by atoms with van der Waals surface area (Å²) in [6.45, 7) is 1.81. The number of fused-ring (bicyclic) bond motifs is 1. The van der Waals surface area contributed by atoms with Crippen LogP contribution in [-0.4, -0.2) is 21.6 Å². The summed E-state index contributed by atoms with van der Waals surface area (Å²) in [5.41, 5.74) is 4.58. The molecule has 0 amide bonds. The fraction of sp³-hybridized carbons (Fsp3) is 0.120. The molecule has 5 rings (SSSR count). The Kier molecular flexibility index (Phi) is 4.86. The average Bonchev–Trinajstić information content (AvgIpc) is 3.38. The third-order valence-electron chi connectivity index (χ3n) is 5.35. The monoisotopic (exact) mass is 428 g/mol. The molecule has 160 valence electrons. The first-order valence-electron chi connectivity index (χ1n) is 10.1. The number of hydrogen-bond donors (Lipinski definition) is 1. The van der Waals surface area contributed by atoms with Crippen molar-refractivity contribution < 1.29 is 13.5 Å². The Morgan fingerprint density at radius 3 is 2.56 bits per heavy atom. The maximum atomic E-state index is 14.5. The zero-order chi connectivity index (χ0) is 22.2. The first-order valence-corrected chi connectivity index (χ1v) is 10.1. The molecule has 1 N–H and O–H groups in total. The molecule has 0 aliphatic carbocycles. The second-order valence-corrected chi connectivity index (χ2v) is 7.49.